The van der Waals surface area contributed by atoms with E-state index < -0.39 is 0 Å². The quantitative estimate of drug-likeness (QED) is 0.590. The first-order chi connectivity index (χ1) is 9.77. The maximum Gasteiger partial charge on any atom is 0.0700 e. The van der Waals surface area contributed by atoms with Gasteiger partial charge in [-0.15, -0.1) is 0 Å². The lowest BCUT2D eigenvalue weighted by Crippen LogP contribution is -2.44. The van der Waals surface area contributed by atoms with E-state index in [4.69, 9.17) is 9.47 Å². The summed E-state index contributed by atoms with van der Waals surface area (Å²) in [6, 6.07) is 0.638. The van der Waals surface area contributed by atoms with Crippen LogP contribution in [0.25, 0.3) is 0 Å². The van der Waals surface area contributed by atoms with E-state index in [1.54, 1.807) is 7.11 Å². The van der Waals surface area contributed by atoms with Gasteiger partial charge in [0.2, 0.25) is 0 Å². The zero-order valence-electron chi connectivity index (χ0n) is 13.7. The number of likely N-dealkylation sites (tertiary alicyclic amines) is 1. The van der Waals surface area contributed by atoms with E-state index in [0.717, 1.165) is 32.1 Å². The molecule has 0 saturated carbocycles. The fourth-order valence-electron chi connectivity index (χ4n) is 2.86. The molecule has 0 radical (unpaired) electrons. The third-order valence-corrected chi connectivity index (χ3v) is 4.31. The number of piperidine rings is 1. The maximum atomic E-state index is 5.47. The van der Waals surface area contributed by atoms with Crippen molar-refractivity contribution in [3.05, 3.63) is 0 Å². The summed E-state index contributed by atoms with van der Waals surface area (Å²) in [6.07, 6.45) is 5.07. The third kappa shape index (κ3) is 7.58. The molecule has 0 aliphatic carbocycles. The van der Waals surface area contributed by atoms with Crippen molar-refractivity contribution >= 4 is 0 Å². The van der Waals surface area contributed by atoms with E-state index in [1.165, 1.54) is 38.9 Å². The molecular formula is C16H34N2O2. The molecular weight excluding hydrogens is 252 g/mol. The fourth-order valence-corrected chi connectivity index (χ4v) is 2.86. The van der Waals surface area contributed by atoms with Crippen molar-refractivity contribution in [2.24, 2.45) is 5.92 Å². The molecule has 4 heteroatoms. The van der Waals surface area contributed by atoms with Crippen LogP contribution in [0.5, 0.6) is 0 Å². The van der Waals surface area contributed by atoms with E-state index in [2.05, 4.69) is 24.1 Å². The molecule has 1 rings (SSSR count). The van der Waals surface area contributed by atoms with E-state index in [9.17, 15) is 0 Å². The average Bonchev–Trinajstić information content (AvgIpc) is 2.49. The smallest absolute Gasteiger partial charge is 0.0700 e. The van der Waals surface area contributed by atoms with Gasteiger partial charge in [-0.1, -0.05) is 6.92 Å². The maximum absolute atomic E-state index is 5.47. The van der Waals surface area contributed by atoms with Crippen LogP contribution in [-0.4, -0.2) is 64.1 Å². The molecule has 0 aromatic heterocycles. The molecule has 120 valence electrons. The highest BCUT2D eigenvalue weighted by atomic mass is 16.5. The molecule has 1 aliphatic rings. The van der Waals surface area contributed by atoms with E-state index in [-0.39, 0.29) is 0 Å². The Hall–Kier alpha value is -0.160. The molecule has 0 bridgehead atoms. The minimum Gasteiger partial charge on any atom is -0.382 e. The molecule has 0 spiro atoms. The summed E-state index contributed by atoms with van der Waals surface area (Å²) in [7, 11) is 1.71. The van der Waals surface area contributed by atoms with E-state index in [1.807, 2.05) is 0 Å². The van der Waals surface area contributed by atoms with Gasteiger partial charge in [0.1, 0.15) is 0 Å². The lowest BCUT2D eigenvalue weighted by molar-refractivity contribution is 0.0686. The predicted molar refractivity (Wildman–Crippen MR) is 84.2 cm³/mol. The Morgan fingerprint density at radius 2 is 2.10 bits per heavy atom. The molecule has 1 saturated heterocycles. The zero-order chi connectivity index (χ0) is 14.6. The summed E-state index contributed by atoms with van der Waals surface area (Å²) in [6.45, 7) is 11.7. The molecule has 20 heavy (non-hydrogen) atoms. The number of ether oxygens (including phenoxy) is 2. The molecule has 0 aromatic carbocycles. The van der Waals surface area contributed by atoms with E-state index in [0.29, 0.717) is 12.6 Å². The van der Waals surface area contributed by atoms with Crippen molar-refractivity contribution < 1.29 is 9.47 Å². The van der Waals surface area contributed by atoms with Gasteiger partial charge in [-0.05, 0) is 58.2 Å². The van der Waals surface area contributed by atoms with Gasteiger partial charge in [0.25, 0.3) is 0 Å². The van der Waals surface area contributed by atoms with Crippen LogP contribution < -0.4 is 5.32 Å². The monoisotopic (exact) mass is 286 g/mol. The van der Waals surface area contributed by atoms with Crippen LogP contribution in [0.15, 0.2) is 0 Å². The molecule has 1 fully saturated rings. The second-order valence-corrected chi connectivity index (χ2v) is 5.85. The van der Waals surface area contributed by atoms with Crippen LogP contribution in [0.3, 0.4) is 0 Å². The second kappa shape index (κ2) is 11.5. The Labute approximate surface area is 125 Å². The van der Waals surface area contributed by atoms with Gasteiger partial charge in [-0.25, -0.2) is 0 Å². The zero-order valence-corrected chi connectivity index (χ0v) is 13.7. The SMILES string of the molecule is CCN1CCCC(C(C)NCCCCOCCOC)C1. The minimum absolute atomic E-state index is 0.638. The standard InChI is InChI=1S/C16H34N2O2/c1-4-18-10-7-8-16(14-18)15(2)17-9-5-6-11-20-13-12-19-3/h15-17H,4-14H2,1-3H3. The van der Waals surface area contributed by atoms with Crippen molar-refractivity contribution in [3.8, 4) is 0 Å². The summed E-state index contributed by atoms with van der Waals surface area (Å²) < 4.78 is 10.4. The van der Waals surface area contributed by atoms with Crippen molar-refractivity contribution in [2.45, 2.75) is 45.6 Å². The van der Waals surface area contributed by atoms with Crippen LogP contribution in [0.2, 0.25) is 0 Å². The third-order valence-electron chi connectivity index (χ3n) is 4.31. The molecule has 1 heterocycles. The molecule has 0 amide bonds. The number of nitrogens with zero attached hydrogens (tertiary/aromatic N) is 1. The largest absolute Gasteiger partial charge is 0.382 e. The predicted octanol–water partition coefficient (Wildman–Crippen LogP) is 2.14. The molecule has 0 aromatic rings. The molecule has 4 nitrogen and oxygen atoms in total. The van der Waals surface area contributed by atoms with Crippen LogP contribution in [0.4, 0.5) is 0 Å². The van der Waals surface area contributed by atoms with Crippen LogP contribution in [0.1, 0.15) is 39.5 Å². The highest BCUT2D eigenvalue weighted by molar-refractivity contribution is 4.79. The highest BCUT2D eigenvalue weighted by Gasteiger charge is 2.23. The van der Waals surface area contributed by atoms with Gasteiger partial charge in [0.15, 0.2) is 0 Å². The Balaban J connectivity index is 1.98. The second-order valence-electron chi connectivity index (χ2n) is 5.85. The fraction of sp³-hybridized carbons (Fsp3) is 1.00. The normalized spacial score (nSPS) is 22.1. The number of hydrogen-bond donors (Lipinski definition) is 1. The number of methoxy groups -OCH3 is 1. The Bertz CT molecular complexity index is 227. The number of nitrogens with one attached hydrogen (secondary N) is 1. The summed E-state index contributed by atoms with van der Waals surface area (Å²) in [5, 5.41) is 3.69. The lowest BCUT2D eigenvalue weighted by Gasteiger charge is -2.35. The number of hydrogen-bond acceptors (Lipinski definition) is 4. The Morgan fingerprint density at radius 3 is 2.85 bits per heavy atom. The summed E-state index contributed by atoms with van der Waals surface area (Å²) in [4.78, 5) is 2.58. The first-order valence-corrected chi connectivity index (χ1v) is 8.30. The van der Waals surface area contributed by atoms with Crippen LogP contribution in [-0.2, 0) is 9.47 Å². The molecule has 2 unspecified atom stereocenters. The Kier molecular flexibility index (Phi) is 10.3. The first kappa shape index (κ1) is 17.9. The summed E-state index contributed by atoms with van der Waals surface area (Å²) in [5.41, 5.74) is 0. The minimum atomic E-state index is 0.638. The summed E-state index contributed by atoms with van der Waals surface area (Å²) >= 11 is 0. The van der Waals surface area contributed by atoms with Crippen LogP contribution >= 0.6 is 0 Å². The van der Waals surface area contributed by atoms with Gasteiger partial charge in [-0.3, -0.25) is 0 Å². The Morgan fingerprint density at radius 1 is 1.25 bits per heavy atom. The van der Waals surface area contributed by atoms with Gasteiger partial charge >= 0.3 is 0 Å². The van der Waals surface area contributed by atoms with Crippen molar-refractivity contribution in [1.82, 2.24) is 10.2 Å². The molecule has 1 N–H and O–H groups in total. The average molecular weight is 286 g/mol. The van der Waals surface area contributed by atoms with Gasteiger partial charge in [0.05, 0.1) is 13.2 Å². The lowest BCUT2D eigenvalue weighted by atomic mass is 9.91. The highest BCUT2D eigenvalue weighted by Crippen LogP contribution is 2.19. The first-order valence-electron chi connectivity index (χ1n) is 8.30. The van der Waals surface area contributed by atoms with Gasteiger partial charge in [0, 0.05) is 26.3 Å². The summed E-state index contributed by atoms with van der Waals surface area (Å²) in [5.74, 6) is 0.821. The van der Waals surface area contributed by atoms with E-state index >= 15 is 0 Å². The number of rotatable bonds is 11. The molecule has 2 atom stereocenters. The van der Waals surface area contributed by atoms with Crippen LogP contribution in [0, 0.1) is 5.92 Å². The van der Waals surface area contributed by atoms with Gasteiger partial charge < -0.3 is 19.7 Å². The van der Waals surface area contributed by atoms with Gasteiger partial charge in [-0.2, -0.15) is 0 Å². The topological polar surface area (TPSA) is 33.7 Å². The van der Waals surface area contributed by atoms with Crippen molar-refractivity contribution in [2.75, 3.05) is 53.1 Å². The van der Waals surface area contributed by atoms with Crippen molar-refractivity contribution in [3.63, 3.8) is 0 Å². The molecule has 1 aliphatic heterocycles. The van der Waals surface area contributed by atoms with Crippen molar-refractivity contribution in [1.29, 1.82) is 0 Å². The number of unbranched alkanes of at least 4 members (excludes halogenated alkanes) is 1.